The summed E-state index contributed by atoms with van der Waals surface area (Å²) in [6.45, 7) is 2.24. The van der Waals surface area contributed by atoms with E-state index in [-0.39, 0.29) is 0 Å². The van der Waals surface area contributed by atoms with Crippen molar-refractivity contribution in [2.45, 2.75) is 12.8 Å². The fraction of sp³-hybridized carbons (Fsp3) is 0.600. The van der Waals surface area contributed by atoms with Crippen LogP contribution in [-0.2, 0) is 0 Å². The Balaban J connectivity index is 1.96. The molecule has 3 nitrogen and oxygen atoms in total. The Morgan fingerprint density at radius 2 is 2.21 bits per heavy atom. The molecule has 1 aliphatic heterocycles. The average Bonchev–Trinajstić information content (AvgIpc) is 2.30. The van der Waals surface area contributed by atoms with E-state index >= 15 is 0 Å². The molecule has 1 aromatic rings. The molecule has 0 N–H and O–H groups in total. The molecule has 76 valence electrons. The predicted molar refractivity (Wildman–Crippen MR) is 60.8 cm³/mol. The lowest BCUT2D eigenvalue weighted by atomic mass is 9.99. The molecule has 1 saturated heterocycles. The summed E-state index contributed by atoms with van der Waals surface area (Å²) in [4.78, 5) is 10.5. The van der Waals surface area contributed by atoms with E-state index in [0.717, 1.165) is 30.2 Å². The largest absolute Gasteiger partial charge is 0.357 e. The highest BCUT2D eigenvalue weighted by atomic mass is 79.9. The third kappa shape index (κ3) is 2.23. The highest BCUT2D eigenvalue weighted by Gasteiger charge is 2.18. The van der Waals surface area contributed by atoms with E-state index in [4.69, 9.17) is 0 Å². The van der Waals surface area contributed by atoms with Gasteiger partial charge in [0.15, 0.2) is 0 Å². The Morgan fingerprint density at radius 1 is 1.43 bits per heavy atom. The summed E-state index contributed by atoms with van der Waals surface area (Å²) < 4.78 is 0. The van der Waals surface area contributed by atoms with E-state index in [0.29, 0.717) is 0 Å². The molecule has 0 aliphatic carbocycles. The van der Waals surface area contributed by atoms with Gasteiger partial charge in [0.1, 0.15) is 12.1 Å². The van der Waals surface area contributed by atoms with Crippen molar-refractivity contribution < 1.29 is 0 Å². The molecule has 0 bridgehead atoms. The fourth-order valence-electron chi connectivity index (χ4n) is 1.79. The summed E-state index contributed by atoms with van der Waals surface area (Å²) in [5, 5.41) is 1.13. The lowest BCUT2D eigenvalue weighted by Gasteiger charge is -2.31. The lowest BCUT2D eigenvalue weighted by Crippen LogP contribution is -2.34. The molecule has 1 aromatic heterocycles. The van der Waals surface area contributed by atoms with Gasteiger partial charge in [-0.25, -0.2) is 9.97 Å². The Bertz CT molecular complexity index is 270. The molecule has 0 spiro atoms. The van der Waals surface area contributed by atoms with Crippen LogP contribution >= 0.6 is 15.9 Å². The second-order valence-electron chi connectivity index (χ2n) is 3.65. The number of hydrogen-bond donors (Lipinski definition) is 0. The minimum absolute atomic E-state index is 0.841. The van der Waals surface area contributed by atoms with Gasteiger partial charge in [-0.05, 0) is 24.8 Å². The van der Waals surface area contributed by atoms with Gasteiger partial charge in [-0.15, -0.1) is 0 Å². The zero-order valence-corrected chi connectivity index (χ0v) is 9.65. The molecule has 2 heterocycles. The number of piperidine rings is 1. The van der Waals surface area contributed by atoms with E-state index < -0.39 is 0 Å². The number of anilines is 1. The second-order valence-corrected chi connectivity index (χ2v) is 4.30. The summed E-state index contributed by atoms with van der Waals surface area (Å²) >= 11 is 3.54. The maximum atomic E-state index is 4.26. The van der Waals surface area contributed by atoms with E-state index in [1.807, 2.05) is 6.07 Å². The van der Waals surface area contributed by atoms with E-state index in [2.05, 4.69) is 30.8 Å². The Labute approximate surface area is 92.7 Å². The molecule has 0 amide bonds. The third-order valence-electron chi connectivity index (χ3n) is 2.72. The third-order valence-corrected chi connectivity index (χ3v) is 3.64. The van der Waals surface area contributed by atoms with Crippen LogP contribution in [-0.4, -0.2) is 28.4 Å². The highest BCUT2D eigenvalue weighted by molar-refractivity contribution is 9.09. The van der Waals surface area contributed by atoms with Gasteiger partial charge in [0, 0.05) is 24.6 Å². The van der Waals surface area contributed by atoms with Crippen molar-refractivity contribution in [1.29, 1.82) is 0 Å². The smallest absolute Gasteiger partial charge is 0.131 e. The first-order chi connectivity index (χ1) is 6.90. The molecule has 0 aromatic carbocycles. The predicted octanol–water partition coefficient (Wildman–Crippen LogP) is 2.09. The first-order valence-electron chi connectivity index (χ1n) is 4.97. The van der Waals surface area contributed by atoms with Gasteiger partial charge >= 0.3 is 0 Å². The van der Waals surface area contributed by atoms with E-state index in [9.17, 15) is 0 Å². The van der Waals surface area contributed by atoms with Crippen LogP contribution < -0.4 is 4.90 Å². The Hall–Kier alpha value is -0.640. The Kier molecular flexibility index (Phi) is 3.35. The van der Waals surface area contributed by atoms with Crippen molar-refractivity contribution in [3.05, 3.63) is 18.6 Å². The highest BCUT2D eigenvalue weighted by Crippen LogP contribution is 2.22. The van der Waals surface area contributed by atoms with Crippen molar-refractivity contribution >= 4 is 21.7 Å². The summed E-state index contributed by atoms with van der Waals surface area (Å²) in [5.74, 6) is 1.90. The maximum absolute atomic E-state index is 4.26. The van der Waals surface area contributed by atoms with Crippen LogP contribution in [0.3, 0.4) is 0 Å². The van der Waals surface area contributed by atoms with Crippen LogP contribution in [0, 0.1) is 5.92 Å². The molecule has 0 radical (unpaired) electrons. The zero-order valence-electron chi connectivity index (χ0n) is 8.06. The molecule has 1 aliphatic rings. The van der Waals surface area contributed by atoms with Gasteiger partial charge in [0.25, 0.3) is 0 Å². The summed E-state index contributed by atoms with van der Waals surface area (Å²) in [7, 11) is 0. The number of rotatable bonds is 2. The van der Waals surface area contributed by atoms with Crippen molar-refractivity contribution in [2.24, 2.45) is 5.92 Å². The molecule has 0 unspecified atom stereocenters. The lowest BCUT2D eigenvalue weighted by molar-refractivity contribution is 0.445. The minimum Gasteiger partial charge on any atom is -0.357 e. The van der Waals surface area contributed by atoms with Crippen LogP contribution in [0.25, 0.3) is 0 Å². The number of halogens is 1. The van der Waals surface area contributed by atoms with Gasteiger partial charge in [0.2, 0.25) is 0 Å². The van der Waals surface area contributed by atoms with Gasteiger partial charge < -0.3 is 4.90 Å². The monoisotopic (exact) mass is 255 g/mol. The zero-order chi connectivity index (χ0) is 9.80. The molecule has 2 rings (SSSR count). The fourth-order valence-corrected chi connectivity index (χ4v) is 2.43. The quantitative estimate of drug-likeness (QED) is 0.759. The van der Waals surface area contributed by atoms with Crippen LogP contribution in [0.15, 0.2) is 18.6 Å². The topological polar surface area (TPSA) is 29.0 Å². The van der Waals surface area contributed by atoms with Gasteiger partial charge in [-0.2, -0.15) is 0 Å². The number of nitrogens with zero attached hydrogens (tertiary/aromatic N) is 3. The molecular weight excluding hydrogens is 242 g/mol. The Morgan fingerprint density at radius 3 is 2.79 bits per heavy atom. The van der Waals surface area contributed by atoms with Crippen molar-refractivity contribution in [3.63, 3.8) is 0 Å². The molecular formula is C10H14BrN3. The van der Waals surface area contributed by atoms with Gasteiger partial charge in [0.05, 0.1) is 0 Å². The first kappa shape index (κ1) is 9.90. The van der Waals surface area contributed by atoms with Crippen LogP contribution in [0.2, 0.25) is 0 Å². The number of hydrogen-bond acceptors (Lipinski definition) is 3. The normalized spacial score (nSPS) is 18.5. The van der Waals surface area contributed by atoms with Gasteiger partial charge in [-0.3, -0.25) is 0 Å². The molecule has 0 atom stereocenters. The van der Waals surface area contributed by atoms with Crippen LogP contribution in [0.4, 0.5) is 5.82 Å². The standard InChI is InChI=1S/C10H14BrN3/c11-7-9-2-5-14(6-3-9)10-1-4-12-8-13-10/h1,4,8-9H,2-3,5-7H2. The van der Waals surface area contributed by atoms with Crippen molar-refractivity contribution in [2.75, 3.05) is 23.3 Å². The van der Waals surface area contributed by atoms with Gasteiger partial charge in [-0.1, -0.05) is 15.9 Å². The van der Waals surface area contributed by atoms with Crippen LogP contribution in [0.1, 0.15) is 12.8 Å². The van der Waals surface area contributed by atoms with E-state index in [1.54, 1.807) is 12.5 Å². The van der Waals surface area contributed by atoms with Crippen molar-refractivity contribution in [3.8, 4) is 0 Å². The van der Waals surface area contributed by atoms with Crippen LogP contribution in [0.5, 0.6) is 0 Å². The number of alkyl halides is 1. The molecule has 14 heavy (non-hydrogen) atoms. The minimum atomic E-state index is 0.841. The summed E-state index contributed by atoms with van der Waals surface area (Å²) in [6, 6.07) is 1.98. The maximum Gasteiger partial charge on any atom is 0.131 e. The molecule has 4 heteroatoms. The molecule has 1 fully saturated rings. The molecule has 0 saturated carbocycles. The summed E-state index contributed by atoms with van der Waals surface area (Å²) in [6.07, 6.45) is 5.94. The van der Waals surface area contributed by atoms with Crippen molar-refractivity contribution in [1.82, 2.24) is 9.97 Å². The average molecular weight is 256 g/mol. The SMILES string of the molecule is BrCC1CCN(c2ccncn2)CC1. The number of aromatic nitrogens is 2. The second kappa shape index (κ2) is 4.73. The first-order valence-corrected chi connectivity index (χ1v) is 6.09. The summed E-state index contributed by atoms with van der Waals surface area (Å²) in [5.41, 5.74) is 0. The van der Waals surface area contributed by atoms with E-state index in [1.165, 1.54) is 12.8 Å².